The molecular formula is C16H16ClN7. The van der Waals surface area contributed by atoms with Crippen LogP contribution in [0, 0.1) is 0 Å². The van der Waals surface area contributed by atoms with Gasteiger partial charge in [0, 0.05) is 36.8 Å². The van der Waals surface area contributed by atoms with Gasteiger partial charge in [0.1, 0.15) is 0 Å². The second-order valence-corrected chi connectivity index (χ2v) is 6.01. The Morgan fingerprint density at radius 1 is 1.04 bits per heavy atom. The second-order valence-electron chi connectivity index (χ2n) is 5.58. The third-order valence-electron chi connectivity index (χ3n) is 3.96. The van der Waals surface area contributed by atoms with Crippen LogP contribution in [0.5, 0.6) is 0 Å². The van der Waals surface area contributed by atoms with Gasteiger partial charge in [-0.1, -0.05) is 23.7 Å². The van der Waals surface area contributed by atoms with Crippen LogP contribution in [0.15, 0.2) is 30.5 Å². The molecule has 1 saturated heterocycles. The molecule has 3 aromatic rings. The van der Waals surface area contributed by atoms with E-state index in [1.165, 1.54) is 0 Å². The first kappa shape index (κ1) is 15.0. The van der Waals surface area contributed by atoms with Crippen molar-refractivity contribution in [1.29, 1.82) is 0 Å². The number of nitrogen functional groups attached to an aromatic ring is 1. The van der Waals surface area contributed by atoms with Crippen LogP contribution in [0.3, 0.4) is 0 Å². The summed E-state index contributed by atoms with van der Waals surface area (Å²) in [5.74, 6) is 0.951. The Balaban J connectivity index is 1.85. The molecule has 0 unspecified atom stereocenters. The maximum atomic E-state index is 5.96. The minimum atomic E-state index is 0.213. The van der Waals surface area contributed by atoms with E-state index in [0.29, 0.717) is 16.2 Å². The fraction of sp³-hybridized carbons (Fsp3) is 0.250. The van der Waals surface area contributed by atoms with Crippen LogP contribution >= 0.6 is 11.6 Å². The predicted octanol–water partition coefficient (Wildman–Crippen LogP) is 1.73. The summed E-state index contributed by atoms with van der Waals surface area (Å²) in [4.78, 5) is 20.0. The van der Waals surface area contributed by atoms with Crippen LogP contribution in [0.25, 0.3) is 22.4 Å². The first-order chi connectivity index (χ1) is 11.7. The molecule has 1 aromatic carbocycles. The first-order valence-electron chi connectivity index (χ1n) is 7.72. The molecule has 3 N–H and O–H groups in total. The van der Waals surface area contributed by atoms with Crippen LogP contribution in [-0.2, 0) is 0 Å². The highest BCUT2D eigenvalue weighted by Crippen LogP contribution is 2.26. The van der Waals surface area contributed by atoms with Crippen LogP contribution < -0.4 is 16.0 Å². The molecular weight excluding hydrogens is 326 g/mol. The lowest BCUT2D eigenvalue weighted by atomic mass is 10.1. The van der Waals surface area contributed by atoms with Crippen molar-refractivity contribution in [3.05, 3.63) is 35.5 Å². The van der Waals surface area contributed by atoms with Gasteiger partial charge in [-0.05, 0) is 12.1 Å². The molecule has 8 heteroatoms. The van der Waals surface area contributed by atoms with E-state index in [0.717, 1.165) is 43.3 Å². The van der Waals surface area contributed by atoms with Crippen molar-refractivity contribution < 1.29 is 0 Å². The number of hydrogen-bond acceptors (Lipinski definition) is 7. The fourth-order valence-corrected chi connectivity index (χ4v) is 2.89. The van der Waals surface area contributed by atoms with E-state index >= 15 is 0 Å². The van der Waals surface area contributed by atoms with Gasteiger partial charge in [0.25, 0.3) is 0 Å². The summed E-state index contributed by atoms with van der Waals surface area (Å²) in [5, 5.41) is 4.01. The van der Waals surface area contributed by atoms with Crippen molar-refractivity contribution in [2.24, 2.45) is 0 Å². The maximum Gasteiger partial charge on any atom is 0.224 e. The van der Waals surface area contributed by atoms with E-state index in [2.05, 4.69) is 25.2 Å². The summed E-state index contributed by atoms with van der Waals surface area (Å²) in [5.41, 5.74) is 8.72. The molecule has 0 bridgehead atoms. The smallest absolute Gasteiger partial charge is 0.224 e. The summed E-state index contributed by atoms with van der Waals surface area (Å²) in [6.45, 7) is 3.49. The largest absolute Gasteiger partial charge is 0.368 e. The summed E-state index contributed by atoms with van der Waals surface area (Å²) < 4.78 is 0. The Labute approximate surface area is 143 Å². The van der Waals surface area contributed by atoms with Gasteiger partial charge in [0.15, 0.2) is 17.0 Å². The number of piperazine rings is 1. The molecule has 0 aliphatic carbocycles. The molecule has 7 nitrogen and oxygen atoms in total. The molecule has 1 fully saturated rings. The number of halogens is 1. The molecule has 0 spiro atoms. The number of nitrogens with two attached hydrogens (primary N) is 1. The SMILES string of the molecule is Nc1nc(N2CCNCC2)c2nc(-c3ccc(Cl)cc3)cnc2n1. The zero-order chi connectivity index (χ0) is 16.5. The van der Waals surface area contributed by atoms with Crippen molar-refractivity contribution in [2.75, 3.05) is 36.8 Å². The van der Waals surface area contributed by atoms with Crippen molar-refractivity contribution in [1.82, 2.24) is 25.3 Å². The maximum absolute atomic E-state index is 5.96. The highest BCUT2D eigenvalue weighted by atomic mass is 35.5. The quantitative estimate of drug-likeness (QED) is 0.733. The van der Waals surface area contributed by atoms with Crippen molar-refractivity contribution in [2.45, 2.75) is 0 Å². The first-order valence-corrected chi connectivity index (χ1v) is 8.10. The van der Waals surface area contributed by atoms with Gasteiger partial charge >= 0.3 is 0 Å². The van der Waals surface area contributed by atoms with Crippen LogP contribution in [0.1, 0.15) is 0 Å². The third-order valence-corrected chi connectivity index (χ3v) is 4.21. The Bertz CT molecular complexity index is 875. The summed E-state index contributed by atoms with van der Waals surface area (Å²) >= 11 is 5.96. The van der Waals surface area contributed by atoms with Gasteiger partial charge < -0.3 is 16.0 Å². The predicted molar refractivity (Wildman–Crippen MR) is 95.1 cm³/mol. The van der Waals surface area contributed by atoms with Gasteiger partial charge in [0.2, 0.25) is 5.95 Å². The van der Waals surface area contributed by atoms with Crippen molar-refractivity contribution in [3.63, 3.8) is 0 Å². The van der Waals surface area contributed by atoms with Gasteiger partial charge in [-0.25, -0.2) is 9.97 Å². The van der Waals surface area contributed by atoms with E-state index in [1.54, 1.807) is 6.20 Å². The molecule has 122 valence electrons. The van der Waals surface area contributed by atoms with E-state index < -0.39 is 0 Å². The molecule has 0 atom stereocenters. The molecule has 1 aliphatic rings. The standard InChI is InChI=1S/C16H16ClN7/c17-11-3-1-10(2-4-11)12-9-20-14-13(21-12)15(23-16(18)22-14)24-7-5-19-6-8-24/h1-4,9,19H,5-8H2,(H2,18,20,22,23). The number of hydrogen-bond donors (Lipinski definition) is 2. The number of nitrogens with one attached hydrogen (secondary N) is 1. The molecule has 0 amide bonds. The van der Waals surface area contributed by atoms with E-state index in [-0.39, 0.29) is 5.95 Å². The zero-order valence-electron chi connectivity index (χ0n) is 12.9. The Morgan fingerprint density at radius 2 is 1.79 bits per heavy atom. The summed E-state index contributed by atoms with van der Waals surface area (Å²) in [6, 6.07) is 7.50. The lowest BCUT2D eigenvalue weighted by Gasteiger charge is -2.28. The topological polar surface area (TPSA) is 92.8 Å². The fourth-order valence-electron chi connectivity index (χ4n) is 2.77. The monoisotopic (exact) mass is 341 g/mol. The van der Waals surface area contributed by atoms with Gasteiger partial charge in [0.05, 0.1) is 11.9 Å². The van der Waals surface area contributed by atoms with E-state index in [1.807, 2.05) is 24.3 Å². The minimum Gasteiger partial charge on any atom is -0.368 e. The average Bonchev–Trinajstić information content (AvgIpc) is 2.62. The Kier molecular flexibility index (Phi) is 3.87. The minimum absolute atomic E-state index is 0.213. The Morgan fingerprint density at radius 3 is 2.54 bits per heavy atom. The number of fused-ring (bicyclic) bond motifs is 1. The van der Waals surface area contributed by atoms with Crippen molar-refractivity contribution in [3.8, 4) is 11.3 Å². The molecule has 4 rings (SSSR count). The lowest BCUT2D eigenvalue weighted by molar-refractivity contribution is 0.586. The molecule has 2 aromatic heterocycles. The average molecular weight is 342 g/mol. The second kappa shape index (κ2) is 6.18. The highest BCUT2D eigenvalue weighted by molar-refractivity contribution is 6.30. The molecule has 24 heavy (non-hydrogen) atoms. The van der Waals surface area contributed by atoms with Gasteiger partial charge in [-0.2, -0.15) is 9.97 Å². The van der Waals surface area contributed by atoms with Gasteiger partial charge in [-0.3, -0.25) is 0 Å². The van der Waals surface area contributed by atoms with Crippen LogP contribution in [-0.4, -0.2) is 46.1 Å². The number of aromatic nitrogens is 4. The van der Waals surface area contributed by atoms with Crippen LogP contribution in [0.4, 0.5) is 11.8 Å². The lowest BCUT2D eigenvalue weighted by Crippen LogP contribution is -2.44. The van der Waals surface area contributed by atoms with Gasteiger partial charge in [-0.15, -0.1) is 0 Å². The summed E-state index contributed by atoms with van der Waals surface area (Å²) in [6.07, 6.45) is 1.69. The third kappa shape index (κ3) is 2.83. The molecule has 1 aliphatic heterocycles. The zero-order valence-corrected chi connectivity index (χ0v) is 13.7. The molecule has 0 saturated carbocycles. The Hall–Kier alpha value is -2.51. The molecule has 0 radical (unpaired) electrons. The van der Waals surface area contributed by atoms with E-state index in [9.17, 15) is 0 Å². The number of benzene rings is 1. The van der Waals surface area contributed by atoms with E-state index in [4.69, 9.17) is 22.3 Å². The molecule has 3 heterocycles. The number of rotatable bonds is 2. The normalized spacial score (nSPS) is 15.0. The van der Waals surface area contributed by atoms with Crippen molar-refractivity contribution >= 4 is 34.5 Å². The highest BCUT2D eigenvalue weighted by Gasteiger charge is 2.18. The van der Waals surface area contributed by atoms with Crippen LogP contribution in [0.2, 0.25) is 5.02 Å². The number of nitrogens with zero attached hydrogens (tertiary/aromatic N) is 5. The summed E-state index contributed by atoms with van der Waals surface area (Å²) in [7, 11) is 0. The number of anilines is 2.